The molecule has 1 N–H and O–H groups in total. The zero-order chi connectivity index (χ0) is 19.8. The molecule has 1 saturated heterocycles. The van der Waals surface area contributed by atoms with Crippen LogP contribution in [-0.4, -0.2) is 30.8 Å². The molecule has 0 radical (unpaired) electrons. The van der Waals surface area contributed by atoms with Crippen molar-refractivity contribution < 1.29 is 14.7 Å². The number of hydrogen-bond acceptors (Lipinski definition) is 4. The van der Waals surface area contributed by atoms with Gasteiger partial charge in [-0.15, -0.1) is 0 Å². The first kappa shape index (κ1) is 18.5. The third-order valence-electron chi connectivity index (χ3n) is 4.65. The summed E-state index contributed by atoms with van der Waals surface area (Å²) in [5.74, 6) is -1.51. The topological polar surface area (TPSA) is 62.5 Å². The van der Waals surface area contributed by atoms with Gasteiger partial charge in [-0.3, -0.25) is 9.69 Å². The second kappa shape index (κ2) is 7.26. The summed E-state index contributed by atoms with van der Waals surface area (Å²) in [7, 11) is 1.95. The number of fused-ring (bicyclic) bond motifs is 1. The molecule has 1 unspecified atom stereocenters. The number of nitrogens with zero attached hydrogens (tertiary/aromatic N) is 2. The predicted molar refractivity (Wildman–Crippen MR) is 115 cm³/mol. The molecule has 5 nitrogen and oxygen atoms in total. The molecule has 1 aliphatic rings. The number of hydrogen-bond donors (Lipinski definition) is 1. The first-order valence-electron chi connectivity index (χ1n) is 8.56. The van der Waals surface area contributed by atoms with E-state index in [9.17, 15) is 14.7 Å². The number of thiocarbonyl (C=S) groups is 1. The summed E-state index contributed by atoms with van der Waals surface area (Å²) in [5.41, 5.74) is 2.46. The summed E-state index contributed by atoms with van der Waals surface area (Å²) < 4.78 is 2.24. The van der Waals surface area contributed by atoms with Gasteiger partial charge < -0.3 is 9.67 Å². The van der Waals surface area contributed by atoms with Crippen LogP contribution in [0.2, 0.25) is 0 Å². The highest BCUT2D eigenvalue weighted by Gasteiger charge is 2.41. The number of thioether (sulfide) groups is 1. The molecule has 1 amide bonds. The van der Waals surface area contributed by atoms with Crippen molar-refractivity contribution in [2.75, 3.05) is 0 Å². The van der Waals surface area contributed by atoms with Crippen molar-refractivity contribution in [1.82, 2.24) is 9.47 Å². The molecule has 1 aliphatic heterocycles. The molecule has 28 heavy (non-hydrogen) atoms. The second-order valence-corrected chi connectivity index (χ2v) is 8.09. The lowest BCUT2D eigenvalue weighted by Crippen LogP contribution is -2.37. The van der Waals surface area contributed by atoms with E-state index < -0.39 is 12.0 Å². The summed E-state index contributed by atoms with van der Waals surface area (Å²) >= 11 is 6.50. The Morgan fingerprint density at radius 3 is 2.54 bits per heavy atom. The molecule has 0 aliphatic carbocycles. The first-order valence-corrected chi connectivity index (χ1v) is 9.78. The van der Waals surface area contributed by atoms with Crippen molar-refractivity contribution in [2.24, 2.45) is 7.05 Å². The third kappa shape index (κ3) is 3.12. The molecular formula is C21H16N2O3S2. The zero-order valence-electron chi connectivity index (χ0n) is 14.9. The smallest absolute Gasteiger partial charge is 0.331 e. The van der Waals surface area contributed by atoms with Gasteiger partial charge in [-0.05, 0) is 17.7 Å². The number of carboxylic acids is 1. The minimum atomic E-state index is -1.15. The SMILES string of the molecule is Cn1cc(/C=C2\SC(=S)N(C(C(=O)O)c3ccccc3)C2=O)c2ccccc21. The highest BCUT2D eigenvalue weighted by Crippen LogP contribution is 2.39. The highest BCUT2D eigenvalue weighted by atomic mass is 32.2. The molecule has 140 valence electrons. The van der Waals surface area contributed by atoms with Crippen LogP contribution in [0.1, 0.15) is 17.2 Å². The summed E-state index contributed by atoms with van der Waals surface area (Å²) in [4.78, 5) is 26.6. The maximum atomic E-state index is 13.1. The molecule has 4 rings (SSSR count). The molecule has 0 saturated carbocycles. The van der Waals surface area contributed by atoms with Gasteiger partial charge in [0.05, 0.1) is 4.91 Å². The van der Waals surface area contributed by atoms with E-state index in [0.29, 0.717) is 10.5 Å². The minimum Gasteiger partial charge on any atom is -0.479 e. The lowest BCUT2D eigenvalue weighted by Gasteiger charge is -2.23. The number of carbonyl (C=O) groups is 2. The van der Waals surface area contributed by atoms with Gasteiger partial charge >= 0.3 is 5.97 Å². The molecule has 7 heteroatoms. The predicted octanol–water partition coefficient (Wildman–Crippen LogP) is 4.21. The van der Waals surface area contributed by atoms with Gasteiger partial charge in [0.25, 0.3) is 5.91 Å². The van der Waals surface area contributed by atoms with Crippen molar-refractivity contribution >= 4 is 57.2 Å². The Hall–Kier alpha value is -2.90. The molecular weight excluding hydrogens is 392 g/mol. The molecule has 1 aromatic heterocycles. The fourth-order valence-corrected chi connectivity index (χ4v) is 4.67. The molecule has 0 bridgehead atoms. The standard InChI is InChI=1S/C21H16N2O3S2/c1-22-12-14(15-9-5-6-10-16(15)22)11-17-19(24)23(21(27)28-17)18(20(25)26)13-7-3-2-4-8-13/h2-12,18H,1H3,(H,25,26)/b17-11-. The summed E-state index contributed by atoms with van der Waals surface area (Å²) in [6, 6.07) is 15.4. The highest BCUT2D eigenvalue weighted by molar-refractivity contribution is 8.26. The Labute approximate surface area is 171 Å². The number of carbonyl (C=O) groups excluding carboxylic acids is 1. The van der Waals surface area contributed by atoms with Crippen molar-refractivity contribution in [3.63, 3.8) is 0 Å². The fraction of sp³-hybridized carbons (Fsp3) is 0.0952. The fourth-order valence-electron chi connectivity index (χ4n) is 3.37. The number of aryl methyl sites for hydroxylation is 1. The van der Waals surface area contributed by atoms with Crippen LogP contribution in [-0.2, 0) is 16.6 Å². The van der Waals surface area contributed by atoms with Crippen LogP contribution >= 0.6 is 24.0 Å². The van der Waals surface area contributed by atoms with E-state index in [2.05, 4.69) is 0 Å². The van der Waals surface area contributed by atoms with Gasteiger partial charge in [-0.2, -0.15) is 0 Å². The van der Waals surface area contributed by atoms with Crippen LogP contribution < -0.4 is 0 Å². The molecule has 2 heterocycles. The van der Waals surface area contributed by atoms with E-state index in [0.717, 1.165) is 28.2 Å². The Kier molecular flexibility index (Phi) is 4.78. The van der Waals surface area contributed by atoms with Crippen molar-refractivity contribution in [3.05, 3.63) is 76.8 Å². The van der Waals surface area contributed by atoms with Crippen molar-refractivity contribution in [3.8, 4) is 0 Å². The Morgan fingerprint density at radius 1 is 1.14 bits per heavy atom. The van der Waals surface area contributed by atoms with E-state index >= 15 is 0 Å². The second-order valence-electron chi connectivity index (χ2n) is 6.42. The lowest BCUT2D eigenvalue weighted by atomic mass is 10.1. The quantitative estimate of drug-likeness (QED) is 0.518. The van der Waals surface area contributed by atoms with Crippen molar-refractivity contribution in [1.29, 1.82) is 0 Å². The number of benzene rings is 2. The maximum Gasteiger partial charge on any atom is 0.331 e. The molecule has 0 spiro atoms. The van der Waals surface area contributed by atoms with Crippen LogP contribution in [0.5, 0.6) is 0 Å². The largest absolute Gasteiger partial charge is 0.479 e. The maximum absolute atomic E-state index is 13.1. The van der Waals surface area contributed by atoms with Gasteiger partial charge in [0.15, 0.2) is 6.04 Å². The number of rotatable bonds is 4. The average Bonchev–Trinajstić information content (AvgIpc) is 3.14. The number of aliphatic carboxylic acids is 1. The number of carboxylic acid groups (broad SMARTS) is 1. The average molecular weight is 409 g/mol. The zero-order valence-corrected chi connectivity index (χ0v) is 16.5. The molecule has 3 aromatic rings. The van der Waals surface area contributed by atoms with Crippen molar-refractivity contribution in [2.45, 2.75) is 6.04 Å². The van der Waals surface area contributed by atoms with Gasteiger partial charge in [0.1, 0.15) is 4.32 Å². The van der Waals surface area contributed by atoms with E-state index in [1.165, 1.54) is 4.90 Å². The van der Waals surface area contributed by atoms with Crippen LogP contribution in [0.25, 0.3) is 17.0 Å². The van der Waals surface area contributed by atoms with Gasteiger partial charge in [0, 0.05) is 29.7 Å². The summed E-state index contributed by atoms with van der Waals surface area (Å²) in [6.45, 7) is 0. The minimum absolute atomic E-state index is 0.243. The van der Waals surface area contributed by atoms with Crippen LogP contribution in [0, 0.1) is 0 Å². The van der Waals surface area contributed by atoms with E-state index in [1.54, 1.807) is 36.4 Å². The monoisotopic (exact) mass is 408 g/mol. The summed E-state index contributed by atoms with van der Waals surface area (Å²) in [5, 5.41) is 10.8. The molecule has 1 atom stereocenters. The van der Waals surface area contributed by atoms with Crippen LogP contribution in [0.3, 0.4) is 0 Å². The Bertz CT molecular complexity index is 1140. The Morgan fingerprint density at radius 2 is 1.82 bits per heavy atom. The van der Waals surface area contributed by atoms with Crippen LogP contribution in [0.15, 0.2) is 65.7 Å². The number of para-hydroxylation sites is 1. The van der Waals surface area contributed by atoms with E-state index in [4.69, 9.17) is 12.2 Å². The van der Waals surface area contributed by atoms with E-state index in [1.807, 2.05) is 42.1 Å². The van der Waals surface area contributed by atoms with Gasteiger partial charge in [-0.25, -0.2) is 4.79 Å². The normalized spacial score (nSPS) is 16.9. The Balaban J connectivity index is 1.74. The third-order valence-corrected chi connectivity index (χ3v) is 5.98. The summed E-state index contributed by atoms with van der Waals surface area (Å²) in [6.07, 6.45) is 3.73. The molecule has 1 fully saturated rings. The number of aromatic nitrogens is 1. The lowest BCUT2D eigenvalue weighted by molar-refractivity contribution is -0.145. The van der Waals surface area contributed by atoms with Crippen LogP contribution in [0.4, 0.5) is 0 Å². The first-order chi connectivity index (χ1) is 13.5. The molecule has 2 aromatic carbocycles. The van der Waals surface area contributed by atoms with E-state index in [-0.39, 0.29) is 10.2 Å². The number of amides is 1. The van der Waals surface area contributed by atoms with Gasteiger partial charge in [-0.1, -0.05) is 72.5 Å². The van der Waals surface area contributed by atoms with Gasteiger partial charge in [0.2, 0.25) is 0 Å².